The maximum absolute atomic E-state index is 2.48. The van der Waals surface area contributed by atoms with Crippen LogP contribution in [0.2, 0.25) is 0 Å². The summed E-state index contributed by atoms with van der Waals surface area (Å²) < 4.78 is 0.883. The molecule has 0 nitrogen and oxygen atoms in total. The molecular weight excluding hydrogens is 256 g/mol. The zero-order valence-corrected chi connectivity index (χ0v) is 14.3. The third-order valence-electron chi connectivity index (χ3n) is 3.82. The Morgan fingerprint density at radius 3 is 2.22 bits per heavy atom. The quantitative estimate of drug-likeness (QED) is 0.453. The van der Waals surface area contributed by atoms with E-state index in [0.29, 0.717) is 5.41 Å². The molecule has 0 spiro atoms. The van der Waals surface area contributed by atoms with Gasteiger partial charge in [-0.2, -0.15) is 0 Å². The standard InChI is InChI=1S/C16H32S2/c1-4-5-6-7-8-9-11-16(2,3)14-15-17-12-10-13-18-15/h15H,4-14H2,1-3H3. The summed E-state index contributed by atoms with van der Waals surface area (Å²) in [5.41, 5.74) is 0.562. The van der Waals surface area contributed by atoms with Gasteiger partial charge in [-0.15, -0.1) is 23.5 Å². The summed E-state index contributed by atoms with van der Waals surface area (Å²) >= 11 is 4.41. The summed E-state index contributed by atoms with van der Waals surface area (Å²) in [6, 6.07) is 0. The minimum Gasteiger partial charge on any atom is -0.148 e. The van der Waals surface area contributed by atoms with Crippen LogP contribution in [0.1, 0.15) is 78.6 Å². The maximum Gasteiger partial charge on any atom is 0.0507 e. The first-order chi connectivity index (χ1) is 8.64. The van der Waals surface area contributed by atoms with E-state index in [-0.39, 0.29) is 0 Å². The molecule has 0 aromatic rings. The summed E-state index contributed by atoms with van der Waals surface area (Å²) in [5, 5.41) is 0. The van der Waals surface area contributed by atoms with Crippen molar-refractivity contribution in [3.63, 3.8) is 0 Å². The van der Waals surface area contributed by atoms with Crippen molar-refractivity contribution in [2.45, 2.75) is 83.1 Å². The number of hydrogen-bond acceptors (Lipinski definition) is 2. The smallest absolute Gasteiger partial charge is 0.0507 e. The lowest BCUT2D eigenvalue weighted by atomic mass is 9.84. The molecule has 1 fully saturated rings. The Morgan fingerprint density at radius 1 is 0.944 bits per heavy atom. The number of hydrogen-bond donors (Lipinski definition) is 0. The van der Waals surface area contributed by atoms with Crippen LogP contribution in [0.3, 0.4) is 0 Å². The van der Waals surface area contributed by atoms with Gasteiger partial charge in [0.05, 0.1) is 4.58 Å². The first-order valence-electron chi connectivity index (χ1n) is 7.87. The predicted octanol–water partition coefficient (Wildman–Crippen LogP) is 6.35. The fourth-order valence-corrected chi connectivity index (χ4v) is 6.02. The van der Waals surface area contributed by atoms with Crippen LogP contribution in [-0.4, -0.2) is 16.1 Å². The van der Waals surface area contributed by atoms with Gasteiger partial charge in [0.2, 0.25) is 0 Å². The van der Waals surface area contributed by atoms with E-state index in [4.69, 9.17) is 0 Å². The van der Waals surface area contributed by atoms with Crippen LogP contribution in [0.4, 0.5) is 0 Å². The van der Waals surface area contributed by atoms with Crippen molar-refractivity contribution >= 4 is 23.5 Å². The van der Waals surface area contributed by atoms with Gasteiger partial charge in [0.15, 0.2) is 0 Å². The van der Waals surface area contributed by atoms with Crippen molar-refractivity contribution in [2.75, 3.05) is 11.5 Å². The molecule has 0 aromatic carbocycles. The highest BCUT2D eigenvalue weighted by Crippen LogP contribution is 2.40. The third-order valence-corrected chi connectivity index (χ3v) is 6.76. The molecule has 0 unspecified atom stereocenters. The average molecular weight is 289 g/mol. The van der Waals surface area contributed by atoms with E-state index in [9.17, 15) is 0 Å². The molecule has 0 N–H and O–H groups in total. The molecule has 0 aliphatic carbocycles. The molecule has 0 saturated carbocycles. The van der Waals surface area contributed by atoms with Gasteiger partial charge in [-0.3, -0.25) is 0 Å². The normalized spacial score (nSPS) is 18.2. The number of unbranched alkanes of at least 4 members (excludes halogenated alkanes) is 5. The highest BCUT2D eigenvalue weighted by atomic mass is 32.2. The summed E-state index contributed by atoms with van der Waals surface area (Å²) in [6.45, 7) is 7.26. The minimum absolute atomic E-state index is 0.562. The van der Waals surface area contributed by atoms with E-state index in [1.54, 1.807) is 0 Å². The molecular formula is C16H32S2. The molecule has 0 atom stereocenters. The van der Waals surface area contributed by atoms with E-state index in [1.807, 2.05) is 0 Å². The average Bonchev–Trinajstić information content (AvgIpc) is 2.34. The van der Waals surface area contributed by atoms with Crippen LogP contribution in [0.25, 0.3) is 0 Å². The fraction of sp³-hybridized carbons (Fsp3) is 1.00. The Bertz CT molecular complexity index is 195. The lowest BCUT2D eigenvalue weighted by molar-refractivity contribution is 0.305. The Kier molecular flexibility index (Phi) is 8.92. The highest BCUT2D eigenvalue weighted by Gasteiger charge is 2.24. The molecule has 0 bridgehead atoms. The van der Waals surface area contributed by atoms with Gasteiger partial charge in [0, 0.05) is 0 Å². The Labute approximate surface area is 123 Å². The predicted molar refractivity (Wildman–Crippen MR) is 89.7 cm³/mol. The van der Waals surface area contributed by atoms with Gasteiger partial charge in [0.1, 0.15) is 0 Å². The molecule has 108 valence electrons. The largest absolute Gasteiger partial charge is 0.148 e. The summed E-state index contributed by atoms with van der Waals surface area (Å²) in [5.74, 6) is 2.79. The van der Waals surface area contributed by atoms with Gasteiger partial charge >= 0.3 is 0 Å². The second kappa shape index (κ2) is 9.58. The topological polar surface area (TPSA) is 0 Å². The van der Waals surface area contributed by atoms with Crippen LogP contribution >= 0.6 is 23.5 Å². The van der Waals surface area contributed by atoms with Crippen molar-refractivity contribution in [3.05, 3.63) is 0 Å². The van der Waals surface area contributed by atoms with E-state index in [0.717, 1.165) is 4.58 Å². The molecule has 1 rings (SSSR count). The van der Waals surface area contributed by atoms with Gasteiger partial charge in [-0.1, -0.05) is 59.3 Å². The summed E-state index contributed by atoms with van der Waals surface area (Å²) in [7, 11) is 0. The van der Waals surface area contributed by atoms with Crippen molar-refractivity contribution in [2.24, 2.45) is 5.41 Å². The Morgan fingerprint density at radius 2 is 1.56 bits per heavy atom. The van der Waals surface area contributed by atoms with Crippen molar-refractivity contribution in [3.8, 4) is 0 Å². The summed E-state index contributed by atoms with van der Waals surface area (Å²) in [4.78, 5) is 0. The first-order valence-corrected chi connectivity index (χ1v) is 9.97. The van der Waals surface area contributed by atoms with Crippen LogP contribution in [0.5, 0.6) is 0 Å². The molecule has 0 amide bonds. The SMILES string of the molecule is CCCCCCCCC(C)(C)CC1SCCCS1. The van der Waals surface area contributed by atoms with E-state index in [1.165, 1.54) is 69.3 Å². The van der Waals surface area contributed by atoms with Gasteiger partial charge in [-0.25, -0.2) is 0 Å². The second-order valence-corrected chi connectivity index (χ2v) is 9.33. The fourth-order valence-electron chi connectivity index (χ4n) is 2.59. The first kappa shape index (κ1) is 16.8. The highest BCUT2D eigenvalue weighted by molar-refractivity contribution is 8.17. The molecule has 18 heavy (non-hydrogen) atoms. The van der Waals surface area contributed by atoms with Gasteiger partial charge < -0.3 is 0 Å². The molecule has 1 saturated heterocycles. The molecule has 1 aliphatic rings. The van der Waals surface area contributed by atoms with Crippen molar-refractivity contribution in [1.82, 2.24) is 0 Å². The molecule has 0 radical (unpaired) electrons. The lowest BCUT2D eigenvalue weighted by Crippen LogP contribution is -2.19. The van der Waals surface area contributed by atoms with Crippen molar-refractivity contribution in [1.29, 1.82) is 0 Å². The molecule has 1 heterocycles. The van der Waals surface area contributed by atoms with Crippen LogP contribution in [0, 0.1) is 5.41 Å². The maximum atomic E-state index is 2.48. The molecule has 2 heteroatoms. The van der Waals surface area contributed by atoms with Crippen LogP contribution < -0.4 is 0 Å². The Balaban J connectivity index is 2.06. The van der Waals surface area contributed by atoms with Gasteiger partial charge in [-0.05, 0) is 36.2 Å². The minimum atomic E-state index is 0.562. The van der Waals surface area contributed by atoms with E-state index in [2.05, 4.69) is 44.3 Å². The van der Waals surface area contributed by atoms with Crippen LogP contribution in [0.15, 0.2) is 0 Å². The number of thioether (sulfide) groups is 2. The lowest BCUT2D eigenvalue weighted by Gasteiger charge is -2.31. The van der Waals surface area contributed by atoms with E-state index >= 15 is 0 Å². The van der Waals surface area contributed by atoms with Crippen molar-refractivity contribution < 1.29 is 0 Å². The Hall–Kier alpha value is 0.700. The monoisotopic (exact) mass is 288 g/mol. The second-order valence-electron chi connectivity index (χ2n) is 6.41. The number of rotatable bonds is 9. The zero-order valence-electron chi connectivity index (χ0n) is 12.7. The molecule has 1 aliphatic heterocycles. The zero-order chi connectivity index (χ0) is 13.3. The van der Waals surface area contributed by atoms with Gasteiger partial charge in [0.25, 0.3) is 0 Å². The molecule has 0 aromatic heterocycles. The van der Waals surface area contributed by atoms with E-state index < -0.39 is 0 Å². The van der Waals surface area contributed by atoms with Crippen LogP contribution in [-0.2, 0) is 0 Å². The third kappa shape index (κ3) is 7.99. The summed E-state index contributed by atoms with van der Waals surface area (Å²) in [6.07, 6.45) is 12.9.